The molecule has 2 bridgehead atoms. The van der Waals surface area contributed by atoms with Crippen LogP contribution in [0, 0.1) is 6.92 Å². The number of hydrogen-bond acceptors (Lipinski definition) is 4. The lowest BCUT2D eigenvalue weighted by molar-refractivity contribution is 0.0935. The molecule has 4 rings (SSSR count). The molecule has 0 saturated carbocycles. The average molecular weight is 313 g/mol. The normalized spacial score (nSPS) is 26.3. The number of carbonyl (C=O) groups excluding carboxylic acids is 1. The van der Waals surface area contributed by atoms with Gasteiger partial charge in [-0.15, -0.1) is 11.3 Å². The molecular formula is C17H19N3OS. The molecule has 0 aliphatic carbocycles. The Balaban J connectivity index is 1.46. The van der Waals surface area contributed by atoms with Gasteiger partial charge in [0.15, 0.2) is 0 Å². The third kappa shape index (κ3) is 2.55. The summed E-state index contributed by atoms with van der Waals surface area (Å²) in [6.07, 6.45) is 5.36. The molecule has 1 amide bonds. The zero-order valence-corrected chi connectivity index (χ0v) is 13.3. The first-order chi connectivity index (χ1) is 10.7. The van der Waals surface area contributed by atoms with E-state index in [1.807, 2.05) is 31.3 Å². The predicted octanol–water partition coefficient (Wildman–Crippen LogP) is 2.74. The number of aryl methyl sites for hydroxylation is 1. The van der Waals surface area contributed by atoms with Gasteiger partial charge in [-0.25, -0.2) is 0 Å². The van der Waals surface area contributed by atoms with Gasteiger partial charge in [0.2, 0.25) is 0 Å². The van der Waals surface area contributed by atoms with E-state index in [-0.39, 0.29) is 11.9 Å². The fourth-order valence-electron chi connectivity index (χ4n) is 3.45. The fraction of sp³-hybridized carbons (Fsp3) is 0.412. The smallest absolute Gasteiger partial charge is 0.261 e. The molecule has 2 N–H and O–H groups in total. The lowest BCUT2D eigenvalue weighted by atomic mass is 9.95. The van der Waals surface area contributed by atoms with Crippen molar-refractivity contribution in [2.75, 3.05) is 0 Å². The molecule has 4 nitrogen and oxygen atoms in total. The minimum Gasteiger partial charge on any atom is -0.347 e. The lowest BCUT2D eigenvalue weighted by Crippen LogP contribution is -2.42. The van der Waals surface area contributed by atoms with E-state index < -0.39 is 0 Å². The number of carbonyl (C=O) groups is 1. The van der Waals surface area contributed by atoms with Gasteiger partial charge in [0.05, 0.1) is 4.88 Å². The van der Waals surface area contributed by atoms with Crippen molar-refractivity contribution < 1.29 is 4.79 Å². The Morgan fingerprint density at radius 3 is 2.91 bits per heavy atom. The van der Waals surface area contributed by atoms with E-state index in [0.717, 1.165) is 27.4 Å². The Labute approximate surface area is 134 Å². The largest absolute Gasteiger partial charge is 0.347 e. The maximum Gasteiger partial charge on any atom is 0.261 e. The number of nitrogens with zero attached hydrogens (tertiary/aromatic N) is 1. The van der Waals surface area contributed by atoms with Gasteiger partial charge in [0.1, 0.15) is 0 Å². The predicted molar refractivity (Wildman–Crippen MR) is 88.1 cm³/mol. The molecule has 2 aromatic rings. The number of thiophene rings is 1. The van der Waals surface area contributed by atoms with E-state index in [9.17, 15) is 4.79 Å². The van der Waals surface area contributed by atoms with Crippen LogP contribution in [-0.4, -0.2) is 29.0 Å². The van der Waals surface area contributed by atoms with Gasteiger partial charge in [0.25, 0.3) is 5.91 Å². The molecule has 5 heteroatoms. The third-order valence-corrected chi connectivity index (χ3v) is 5.78. The SMILES string of the molecule is Cc1ccc(-c2ccc(C(=O)N[C@@H]3C[C@H]4CC[C@@H]3N4)s2)cn1. The molecule has 0 spiro atoms. The number of fused-ring (bicyclic) bond motifs is 2. The van der Waals surface area contributed by atoms with Crippen LogP contribution in [0.25, 0.3) is 10.4 Å². The molecule has 0 aromatic carbocycles. The maximum absolute atomic E-state index is 12.4. The molecule has 2 saturated heterocycles. The number of amides is 1. The van der Waals surface area contributed by atoms with Crippen molar-refractivity contribution in [3.8, 4) is 10.4 Å². The molecule has 2 fully saturated rings. The third-order valence-electron chi connectivity index (χ3n) is 4.64. The van der Waals surface area contributed by atoms with Crippen LogP contribution in [0.5, 0.6) is 0 Å². The van der Waals surface area contributed by atoms with Gasteiger partial charge in [-0.2, -0.15) is 0 Å². The van der Waals surface area contributed by atoms with Gasteiger partial charge < -0.3 is 10.6 Å². The standard InChI is InChI=1S/C17H19N3OS/c1-10-2-3-11(9-18-10)15-6-7-16(22-15)17(21)20-14-8-12-4-5-13(14)19-12/h2-3,6-7,9,12-14,19H,4-5,8H2,1H3,(H,20,21)/t12-,13+,14-/m1/s1. The van der Waals surface area contributed by atoms with Gasteiger partial charge in [-0.3, -0.25) is 9.78 Å². The Bertz CT molecular complexity index is 694. The van der Waals surface area contributed by atoms with Crippen LogP contribution in [-0.2, 0) is 0 Å². The highest BCUT2D eigenvalue weighted by Gasteiger charge is 2.39. The van der Waals surface area contributed by atoms with Crippen LogP contribution in [0.15, 0.2) is 30.5 Å². The number of aromatic nitrogens is 1. The molecule has 114 valence electrons. The van der Waals surface area contributed by atoms with E-state index in [1.165, 1.54) is 24.2 Å². The highest BCUT2D eigenvalue weighted by Crippen LogP contribution is 2.30. The summed E-state index contributed by atoms with van der Waals surface area (Å²) in [5.41, 5.74) is 2.07. The number of pyridine rings is 1. The van der Waals surface area contributed by atoms with Gasteiger partial charge in [-0.1, -0.05) is 6.07 Å². The molecule has 2 aliphatic heterocycles. The van der Waals surface area contributed by atoms with E-state index in [4.69, 9.17) is 0 Å². The summed E-state index contributed by atoms with van der Waals surface area (Å²) in [4.78, 5) is 18.6. The van der Waals surface area contributed by atoms with E-state index in [2.05, 4.69) is 21.7 Å². The average Bonchev–Trinajstić information content (AvgIpc) is 3.24. The molecule has 0 unspecified atom stereocenters. The second kappa shape index (κ2) is 5.48. The van der Waals surface area contributed by atoms with Crippen molar-refractivity contribution in [2.24, 2.45) is 0 Å². The van der Waals surface area contributed by atoms with Crippen molar-refractivity contribution in [1.29, 1.82) is 0 Å². The highest BCUT2D eigenvalue weighted by molar-refractivity contribution is 7.17. The Morgan fingerprint density at radius 1 is 1.32 bits per heavy atom. The quantitative estimate of drug-likeness (QED) is 0.916. The zero-order chi connectivity index (χ0) is 15.1. The Hall–Kier alpha value is -1.72. The van der Waals surface area contributed by atoms with Crippen molar-refractivity contribution in [3.05, 3.63) is 41.0 Å². The Morgan fingerprint density at radius 2 is 2.23 bits per heavy atom. The van der Waals surface area contributed by atoms with E-state index >= 15 is 0 Å². The second-order valence-electron chi connectivity index (χ2n) is 6.22. The van der Waals surface area contributed by atoms with Gasteiger partial charge >= 0.3 is 0 Å². The molecule has 3 atom stereocenters. The molecule has 2 aromatic heterocycles. The van der Waals surface area contributed by atoms with Crippen molar-refractivity contribution in [2.45, 2.75) is 44.3 Å². The van der Waals surface area contributed by atoms with Gasteiger partial charge in [-0.05, 0) is 44.4 Å². The van der Waals surface area contributed by atoms with Crippen LogP contribution < -0.4 is 10.6 Å². The zero-order valence-electron chi connectivity index (χ0n) is 12.5. The van der Waals surface area contributed by atoms with Crippen LogP contribution in [0.2, 0.25) is 0 Å². The summed E-state index contributed by atoms with van der Waals surface area (Å²) in [7, 11) is 0. The fourth-order valence-corrected chi connectivity index (χ4v) is 4.35. The van der Waals surface area contributed by atoms with Crippen LogP contribution in [0.3, 0.4) is 0 Å². The summed E-state index contributed by atoms with van der Waals surface area (Å²) < 4.78 is 0. The highest BCUT2D eigenvalue weighted by atomic mass is 32.1. The summed E-state index contributed by atoms with van der Waals surface area (Å²) in [6.45, 7) is 1.97. The second-order valence-corrected chi connectivity index (χ2v) is 7.30. The van der Waals surface area contributed by atoms with E-state index in [1.54, 1.807) is 0 Å². The summed E-state index contributed by atoms with van der Waals surface area (Å²) in [6, 6.07) is 9.33. The van der Waals surface area contributed by atoms with Crippen molar-refractivity contribution in [1.82, 2.24) is 15.6 Å². The summed E-state index contributed by atoms with van der Waals surface area (Å²) in [5, 5.41) is 6.75. The lowest BCUT2D eigenvalue weighted by Gasteiger charge is -2.20. The number of rotatable bonds is 3. The molecule has 22 heavy (non-hydrogen) atoms. The minimum atomic E-state index is 0.0515. The van der Waals surface area contributed by atoms with Crippen LogP contribution in [0.1, 0.15) is 34.6 Å². The van der Waals surface area contributed by atoms with Crippen LogP contribution >= 0.6 is 11.3 Å². The van der Waals surface area contributed by atoms with Crippen molar-refractivity contribution >= 4 is 17.2 Å². The molecular weight excluding hydrogens is 294 g/mol. The Kier molecular flexibility index (Phi) is 3.47. The first-order valence-corrected chi connectivity index (χ1v) is 8.60. The minimum absolute atomic E-state index is 0.0515. The first kappa shape index (κ1) is 13.9. The first-order valence-electron chi connectivity index (χ1n) is 7.79. The van der Waals surface area contributed by atoms with E-state index in [0.29, 0.717) is 12.1 Å². The molecule has 0 radical (unpaired) electrons. The maximum atomic E-state index is 12.4. The van der Waals surface area contributed by atoms with Gasteiger partial charge in [0, 0.05) is 40.5 Å². The summed E-state index contributed by atoms with van der Waals surface area (Å²) >= 11 is 1.53. The number of hydrogen-bond donors (Lipinski definition) is 2. The molecule has 4 heterocycles. The van der Waals surface area contributed by atoms with Crippen molar-refractivity contribution in [3.63, 3.8) is 0 Å². The topological polar surface area (TPSA) is 54.0 Å². The summed E-state index contributed by atoms with van der Waals surface area (Å²) in [5.74, 6) is 0.0515. The molecule has 2 aliphatic rings. The monoisotopic (exact) mass is 313 g/mol. The van der Waals surface area contributed by atoms with Crippen LogP contribution in [0.4, 0.5) is 0 Å². The number of nitrogens with one attached hydrogen (secondary N) is 2.